The fourth-order valence-corrected chi connectivity index (χ4v) is 3.17. The van der Waals surface area contributed by atoms with E-state index in [0.29, 0.717) is 35.8 Å². The predicted molar refractivity (Wildman–Crippen MR) is 119 cm³/mol. The predicted octanol–water partition coefficient (Wildman–Crippen LogP) is 4.11. The molecule has 7 nitrogen and oxygen atoms in total. The van der Waals surface area contributed by atoms with Gasteiger partial charge in [0.1, 0.15) is 0 Å². The molecule has 0 aliphatic rings. The van der Waals surface area contributed by atoms with Crippen molar-refractivity contribution in [3.05, 3.63) is 69.4 Å². The van der Waals surface area contributed by atoms with Crippen LogP contribution in [0.4, 0.5) is 5.69 Å². The van der Waals surface area contributed by atoms with Gasteiger partial charge in [-0.15, -0.1) is 0 Å². The minimum Gasteiger partial charge on any atom is -0.493 e. The third-order valence-corrected chi connectivity index (χ3v) is 4.98. The van der Waals surface area contributed by atoms with Crippen LogP contribution in [0.5, 0.6) is 11.5 Å². The van der Waals surface area contributed by atoms with E-state index in [4.69, 9.17) is 9.47 Å². The van der Waals surface area contributed by atoms with Crippen LogP contribution in [-0.4, -0.2) is 29.9 Å². The lowest BCUT2D eigenvalue weighted by atomic mass is 10.1. The van der Waals surface area contributed by atoms with Gasteiger partial charge in [0.2, 0.25) is 5.91 Å². The minimum absolute atomic E-state index is 0.153. The highest BCUT2D eigenvalue weighted by Crippen LogP contribution is 2.29. The average Bonchev–Trinajstić information content (AvgIpc) is 2.75. The Kier molecular flexibility index (Phi) is 7.24. The van der Waals surface area contributed by atoms with Crippen molar-refractivity contribution in [3.63, 3.8) is 0 Å². The Labute approximate surface area is 182 Å². The molecule has 0 unspecified atom stereocenters. The SMILES string of the molecule is COc1ccc(NC(=O)CCCn2nc(-c3ccc(Br)cc3)ccc2=O)cc1OC. The van der Waals surface area contributed by atoms with E-state index in [9.17, 15) is 9.59 Å². The number of nitrogens with zero attached hydrogens (tertiary/aromatic N) is 2. The number of halogens is 1. The Morgan fingerprint density at radius 1 is 1.03 bits per heavy atom. The Bertz CT molecular complexity index is 1080. The molecular formula is C22H22BrN3O4. The number of benzene rings is 2. The largest absolute Gasteiger partial charge is 0.493 e. The van der Waals surface area contributed by atoms with E-state index in [1.54, 1.807) is 31.4 Å². The Morgan fingerprint density at radius 2 is 1.77 bits per heavy atom. The molecule has 1 N–H and O–H groups in total. The minimum atomic E-state index is -0.198. The number of anilines is 1. The third kappa shape index (κ3) is 5.48. The van der Waals surface area contributed by atoms with E-state index in [0.717, 1.165) is 10.0 Å². The first-order valence-electron chi connectivity index (χ1n) is 9.36. The van der Waals surface area contributed by atoms with Gasteiger partial charge in [0, 0.05) is 40.8 Å². The molecule has 3 rings (SSSR count). The van der Waals surface area contributed by atoms with Crippen LogP contribution in [0.25, 0.3) is 11.3 Å². The quantitative estimate of drug-likeness (QED) is 0.534. The van der Waals surface area contributed by atoms with Crippen molar-refractivity contribution in [3.8, 4) is 22.8 Å². The normalized spacial score (nSPS) is 10.5. The molecule has 1 heterocycles. The van der Waals surface area contributed by atoms with Gasteiger partial charge in [-0.25, -0.2) is 4.68 Å². The van der Waals surface area contributed by atoms with Gasteiger partial charge >= 0.3 is 0 Å². The zero-order chi connectivity index (χ0) is 21.5. The number of amides is 1. The van der Waals surface area contributed by atoms with Crippen LogP contribution in [0.15, 0.2) is 63.9 Å². The molecule has 1 aromatic heterocycles. The first-order chi connectivity index (χ1) is 14.5. The molecule has 30 heavy (non-hydrogen) atoms. The second kappa shape index (κ2) is 10.1. The number of aryl methyl sites for hydroxylation is 1. The Balaban J connectivity index is 1.59. The van der Waals surface area contributed by atoms with E-state index in [-0.39, 0.29) is 17.9 Å². The van der Waals surface area contributed by atoms with Gasteiger partial charge in [-0.05, 0) is 36.8 Å². The second-order valence-electron chi connectivity index (χ2n) is 6.51. The van der Waals surface area contributed by atoms with Crippen molar-refractivity contribution in [1.29, 1.82) is 0 Å². The van der Waals surface area contributed by atoms with Crippen LogP contribution in [-0.2, 0) is 11.3 Å². The number of hydrogen-bond acceptors (Lipinski definition) is 5. The summed E-state index contributed by atoms with van der Waals surface area (Å²) >= 11 is 3.40. The molecule has 0 atom stereocenters. The molecule has 1 amide bonds. The number of rotatable bonds is 8. The molecular weight excluding hydrogens is 450 g/mol. The summed E-state index contributed by atoms with van der Waals surface area (Å²) in [6.07, 6.45) is 0.737. The zero-order valence-corrected chi connectivity index (χ0v) is 18.3. The highest BCUT2D eigenvalue weighted by Gasteiger charge is 2.09. The standard InChI is InChI=1S/C22H22BrN3O4/c1-29-19-11-9-17(14-20(19)30-2)24-21(27)4-3-13-26-22(28)12-10-18(25-26)15-5-7-16(23)8-6-15/h5-12,14H,3-4,13H2,1-2H3,(H,24,27). The topological polar surface area (TPSA) is 82.5 Å². The molecule has 0 bridgehead atoms. The maximum absolute atomic E-state index is 12.3. The van der Waals surface area contributed by atoms with Gasteiger partial charge in [0.15, 0.2) is 11.5 Å². The van der Waals surface area contributed by atoms with Crippen molar-refractivity contribution >= 4 is 27.5 Å². The average molecular weight is 472 g/mol. The summed E-state index contributed by atoms with van der Waals surface area (Å²) in [4.78, 5) is 24.4. The van der Waals surface area contributed by atoms with Gasteiger partial charge in [-0.3, -0.25) is 9.59 Å². The first kappa shape index (κ1) is 21.6. The van der Waals surface area contributed by atoms with E-state index < -0.39 is 0 Å². The van der Waals surface area contributed by atoms with Gasteiger partial charge in [0.25, 0.3) is 5.56 Å². The molecule has 156 valence electrons. The highest BCUT2D eigenvalue weighted by atomic mass is 79.9. The first-order valence-corrected chi connectivity index (χ1v) is 10.2. The van der Waals surface area contributed by atoms with Crippen LogP contribution in [0.2, 0.25) is 0 Å². The molecule has 0 fully saturated rings. The number of hydrogen-bond donors (Lipinski definition) is 1. The molecule has 0 aliphatic carbocycles. The van der Waals surface area contributed by atoms with Gasteiger partial charge in [-0.2, -0.15) is 5.10 Å². The summed E-state index contributed by atoms with van der Waals surface area (Å²) in [7, 11) is 3.09. The van der Waals surface area contributed by atoms with Crippen molar-refractivity contribution in [2.24, 2.45) is 0 Å². The second-order valence-corrected chi connectivity index (χ2v) is 7.42. The lowest BCUT2D eigenvalue weighted by Gasteiger charge is -2.11. The number of methoxy groups -OCH3 is 2. The zero-order valence-electron chi connectivity index (χ0n) is 16.7. The van der Waals surface area contributed by atoms with Crippen molar-refractivity contribution in [2.75, 3.05) is 19.5 Å². The number of carbonyl (C=O) groups is 1. The van der Waals surface area contributed by atoms with Crippen molar-refractivity contribution in [1.82, 2.24) is 9.78 Å². The van der Waals surface area contributed by atoms with Crippen molar-refractivity contribution < 1.29 is 14.3 Å². The summed E-state index contributed by atoms with van der Waals surface area (Å²) in [6.45, 7) is 0.350. The van der Waals surface area contributed by atoms with E-state index >= 15 is 0 Å². The summed E-state index contributed by atoms with van der Waals surface area (Å²) in [5.41, 5.74) is 2.04. The number of aromatic nitrogens is 2. The van der Waals surface area contributed by atoms with Crippen LogP contribution in [0, 0.1) is 0 Å². The maximum atomic E-state index is 12.3. The maximum Gasteiger partial charge on any atom is 0.266 e. The molecule has 2 aromatic carbocycles. The molecule has 8 heteroatoms. The smallest absolute Gasteiger partial charge is 0.266 e. The number of nitrogens with one attached hydrogen (secondary N) is 1. The lowest BCUT2D eigenvalue weighted by Crippen LogP contribution is -2.23. The molecule has 0 spiro atoms. The van der Waals surface area contributed by atoms with E-state index in [2.05, 4.69) is 26.3 Å². The molecule has 0 saturated carbocycles. The van der Waals surface area contributed by atoms with Crippen LogP contribution >= 0.6 is 15.9 Å². The summed E-state index contributed by atoms with van der Waals surface area (Å²) in [5, 5.41) is 7.25. The number of carbonyl (C=O) groups excluding carboxylic acids is 1. The van der Waals surface area contributed by atoms with Crippen LogP contribution in [0.3, 0.4) is 0 Å². The Hall–Kier alpha value is -3.13. The highest BCUT2D eigenvalue weighted by molar-refractivity contribution is 9.10. The summed E-state index contributed by atoms with van der Waals surface area (Å²) < 4.78 is 12.8. The fourth-order valence-electron chi connectivity index (χ4n) is 2.91. The molecule has 0 saturated heterocycles. The molecule has 0 radical (unpaired) electrons. The lowest BCUT2D eigenvalue weighted by molar-refractivity contribution is -0.116. The molecule has 0 aliphatic heterocycles. The van der Waals surface area contributed by atoms with Gasteiger partial charge in [0.05, 0.1) is 19.9 Å². The van der Waals surface area contributed by atoms with Crippen molar-refractivity contribution in [2.45, 2.75) is 19.4 Å². The Morgan fingerprint density at radius 3 is 2.47 bits per heavy atom. The van der Waals surface area contributed by atoms with Gasteiger partial charge < -0.3 is 14.8 Å². The monoisotopic (exact) mass is 471 g/mol. The fraction of sp³-hybridized carbons (Fsp3) is 0.227. The number of ether oxygens (including phenoxy) is 2. The van der Waals surface area contributed by atoms with Crippen LogP contribution in [0.1, 0.15) is 12.8 Å². The summed E-state index contributed by atoms with van der Waals surface area (Å²) in [6, 6.07) is 16.1. The third-order valence-electron chi connectivity index (χ3n) is 4.45. The van der Waals surface area contributed by atoms with Crippen LogP contribution < -0.4 is 20.3 Å². The van der Waals surface area contributed by atoms with E-state index in [1.807, 2.05) is 24.3 Å². The summed E-state index contributed by atoms with van der Waals surface area (Å²) in [5.74, 6) is 0.974. The van der Waals surface area contributed by atoms with Gasteiger partial charge in [-0.1, -0.05) is 28.1 Å². The van der Waals surface area contributed by atoms with E-state index in [1.165, 1.54) is 17.9 Å². The molecule has 3 aromatic rings.